The Hall–Kier alpha value is -5.79. The van der Waals surface area contributed by atoms with Gasteiger partial charge in [-0.25, -0.2) is 28.0 Å². The Bertz CT molecular complexity index is 2640. The number of aliphatic carboxylic acids is 1. The third-order valence-electron chi connectivity index (χ3n) is 12.8. The number of allylic oxidation sites excluding steroid dienone is 1. The van der Waals surface area contributed by atoms with Crippen molar-refractivity contribution in [2.24, 2.45) is 11.8 Å². The number of hydrogen-bond donors (Lipinski definition) is 5. The molecule has 3 aliphatic heterocycles. The average molecular weight is 943 g/mol. The second-order valence-electron chi connectivity index (χ2n) is 18.3. The molecule has 2 fully saturated rings. The summed E-state index contributed by atoms with van der Waals surface area (Å²) in [5, 5.41) is 25.7. The number of amides is 4. The first-order valence-corrected chi connectivity index (χ1v) is 24.9. The topological polar surface area (TPSA) is 221 Å². The lowest BCUT2D eigenvalue weighted by Crippen LogP contribution is -2.58. The number of carboxylic acids is 1. The molecule has 0 bridgehead atoms. The summed E-state index contributed by atoms with van der Waals surface area (Å²) in [7, 11) is -2.20. The lowest BCUT2D eigenvalue weighted by atomic mass is 10.0. The molecule has 0 radical (unpaired) electrons. The minimum absolute atomic E-state index is 0.0184. The van der Waals surface area contributed by atoms with Crippen LogP contribution < -0.4 is 30.7 Å². The number of methoxy groups -OCH3 is 1. The number of fused-ring (bicyclic) bond motifs is 4. The summed E-state index contributed by atoms with van der Waals surface area (Å²) in [4.78, 5) is 67.4. The predicted molar refractivity (Wildman–Crippen MR) is 250 cm³/mol. The highest BCUT2D eigenvalue weighted by Gasteiger charge is 2.61. The number of ether oxygens (including phenoxy) is 2. The van der Waals surface area contributed by atoms with Crippen molar-refractivity contribution in [3.63, 3.8) is 0 Å². The van der Waals surface area contributed by atoms with E-state index in [9.17, 15) is 32.7 Å². The Morgan fingerprint density at radius 3 is 2.59 bits per heavy atom. The molecule has 4 amide bonds. The van der Waals surface area contributed by atoms with Crippen molar-refractivity contribution < 1.29 is 42.2 Å². The van der Waals surface area contributed by atoms with Crippen LogP contribution >= 0.6 is 11.3 Å². The quantitative estimate of drug-likeness (QED) is 0.105. The maximum atomic E-state index is 15.0. The number of nitrogens with one attached hydrogen (secondary N) is 4. The fourth-order valence-electron chi connectivity index (χ4n) is 9.04. The molecular formula is C47H58N8O9S2. The van der Waals surface area contributed by atoms with E-state index in [0.29, 0.717) is 52.2 Å². The SMILES string of the molecule is COc1ccc2c(O[C@@H]3C[C@H]4C(=O)N[C@]5(C(=O)O)CC5/C=C\CCCCC[C@H](NC(=O)NC(CN5Cc6ccccc6S5(=O)=O)C(C)C)C(=O)N4C3)cc(-c3csc(NC(C)C)n3)nc2c1. The van der Waals surface area contributed by atoms with Gasteiger partial charge in [0.1, 0.15) is 40.9 Å². The zero-order valence-corrected chi connectivity index (χ0v) is 39.4. The molecule has 1 saturated heterocycles. The van der Waals surface area contributed by atoms with Crippen LogP contribution in [0.25, 0.3) is 22.3 Å². The number of urea groups is 1. The Labute approximate surface area is 388 Å². The van der Waals surface area contributed by atoms with Crippen molar-refractivity contribution in [3.05, 3.63) is 71.6 Å². The molecular weight excluding hydrogens is 885 g/mol. The third-order valence-corrected chi connectivity index (χ3v) is 15.5. The summed E-state index contributed by atoms with van der Waals surface area (Å²) in [6.07, 6.45) is 6.36. The number of sulfonamides is 1. The highest BCUT2D eigenvalue weighted by Crippen LogP contribution is 2.46. The Balaban J connectivity index is 1.07. The molecule has 2 aromatic heterocycles. The van der Waals surface area contributed by atoms with Gasteiger partial charge in [0.2, 0.25) is 21.8 Å². The smallest absolute Gasteiger partial charge is 0.330 e. The van der Waals surface area contributed by atoms with Crippen molar-refractivity contribution in [3.8, 4) is 22.9 Å². The van der Waals surface area contributed by atoms with E-state index < -0.39 is 69.5 Å². The third kappa shape index (κ3) is 9.83. The second-order valence-corrected chi connectivity index (χ2v) is 21.0. The predicted octanol–water partition coefficient (Wildman–Crippen LogP) is 5.91. The highest BCUT2D eigenvalue weighted by atomic mass is 32.2. The molecule has 2 aromatic carbocycles. The van der Waals surface area contributed by atoms with E-state index in [1.165, 1.54) is 20.5 Å². The summed E-state index contributed by atoms with van der Waals surface area (Å²) < 4.78 is 40.6. The number of nitrogens with zero attached hydrogens (tertiary/aromatic N) is 4. The van der Waals surface area contributed by atoms with Crippen molar-refractivity contribution >= 4 is 61.2 Å². The van der Waals surface area contributed by atoms with E-state index in [2.05, 4.69) is 21.3 Å². The molecule has 1 aliphatic carbocycles. The van der Waals surface area contributed by atoms with E-state index in [0.717, 1.165) is 18.0 Å². The van der Waals surface area contributed by atoms with Crippen LogP contribution in [0.3, 0.4) is 0 Å². The minimum Gasteiger partial charge on any atom is -0.497 e. The van der Waals surface area contributed by atoms with Crippen LogP contribution in [0.4, 0.5) is 9.93 Å². The number of thiazole rings is 1. The number of benzene rings is 2. The van der Waals surface area contributed by atoms with Gasteiger partial charge in [0.25, 0.3) is 0 Å². The highest BCUT2D eigenvalue weighted by molar-refractivity contribution is 7.89. The van der Waals surface area contributed by atoms with Crippen LogP contribution in [-0.4, -0.2) is 113 Å². The van der Waals surface area contributed by atoms with Gasteiger partial charge < -0.3 is 40.7 Å². The van der Waals surface area contributed by atoms with Gasteiger partial charge in [-0.15, -0.1) is 11.3 Å². The number of rotatable bonds is 12. The van der Waals surface area contributed by atoms with E-state index in [1.54, 1.807) is 49.6 Å². The first-order chi connectivity index (χ1) is 31.6. The number of carbonyl (C=O) groups excluding carboxylic acids is 3. The van der Waals surface area contributed by atoms with Crippen LogP contribution in [0.2, 0.25) is 0 Å². The summed E-state index contributed by atoms with van der Waals surface area (Å²) in [5.41, 5.74) is 0.912. The fraction of sp³-hybridized carbons (Fsp3) is 0.489. The molecule has 4 aliphatic rings. The van der Waals surface area contributed by atoms with Crippen LogP contribution in [0.1, 0.15) is 78.2 Å². The average Bonchev–Trinajstić information content (AvgIpc) is 3.51. The largest absolute Gasteiger partial charge is 0.497 e. The van der Waals surface area contributed by atoms with E-state index >= 15 is 0 Å². The number of carbonyl (C=O) groups is 4. The lowest BCUT2D eigenvalue weighted by Gasteiger charge is -2.31. The van der Waals surface area contributed by atoms with Crippen molar-refractivity contribution in [1.29, 1.82) is 0 Å². The monoisotopic (exact) mass is 942 g/mol. The Morgan fingerprint density at radius 1 is 1.05 bits per heavy atom. The van der Waals surface area contributed by atoms with Crippen LogP contribution in [0.5, 0.6) is 11.5 Å². The second kappa shape index (κ2) is 19.2. The minimum atomic E-state index is -3.77. The standard InChI is InChI=1S/C47H58N8O9S2/c1-27(2)37(25-54-23-29-13-11-12-16-41(29)66(54,61)62)51-45(60)50-34-15-10-8-6-7-9-14-30-22-47(30,44(58)59)53-42(56)39-20-32(24-55(39)43(34)57)64-40-21-36(38-26-65-46(52-38)48-28(3)4)49-35-19-31(63-5)17-18-33(35)40/h9,11-14,16-19,21,26-28,30,32,34,37,39H,6-8,10,15,20,22-25H2,1-5H3,(H,48,52)(H,53,56)(H,58,59)(H2,50,51,60)/b14-9-/t30?,32-,34+,37?,39+,47-/m1/s1. The summed E-state index contributed by atoms with van der Waals surface area (Å²) >= 11 is 1.45. The van der Waals surface area contributed by atoms with Gasteiger partial charge in [-0.1, -0.05) is 57.0 Å². The number of anilines is 1. The molecule has 352 valence electrons. The summed E-state index contributed by atoms with van der Waals surface area (Å²) in [5.74, 6) is -1.85. The Kier molecular flexibility index (Phi) is 13.6. The normalized spacial score (nSPS) is 25.2. The van der Waals surface area contributed by atoms with Gasteiger partial charge in [-0.05, 0) is 69.2 Å². The molecule has 19 heteroatoms. The summed E-state index contributed by atoms with van der Waals surface area (Å²) in [6.45, 7) is 7.97. The van der Waals surface area contributed by atoms with Crippen molar-refractivity contribution in [2.75, 3.05) is 25.5 Å². The maximum absolute atomic E-state index is 15.0. The molecule has 66 heavy (non-hydrogen) atoms. The number of aromatic nitrogens is 2. The van der Waals surface area contributed by atoms with Gasteiger partial charge in [-0.2, -0.15) is 4.31 Å². The van der Waals surface area contributed by atoms with Crippen LogP contribution in [-0.2, 0) is 31.0 Å². The molecule has 2 unspecified atom stereocenters. The molecule has 1 saturated carbocycles. The maximum Gasteiger partial charge on any atom is 0.330 e. The number of pyridine rings is 1. The molecule has 6 atom stereocenters. The van der Waals surface area contributed by atoms with Crippen LogP contribution in [0, 0.1) is 11.8 Å². The molecule has 5 N–H and O–H groups in total. The van der Waals surface area contributed by atoms with Gasteiger partial charge >= 0.3 is 12.0 Å². The summed E-state index contributed by atoms with van der Waals surface area (Å²) in [6, 6.07) is 10.7. The van der Waals surface area contributed by atoms with Crippen molar-refractivity contribution in [2.45, 2.75) is 120 Å². The lowest BCUT2D eigenvalue weighted by molar-refractivity contribution is -0.145. The van der Waals surface area contributed by atoms with Gasteiger partial charge in [0, 0.05) is 60.4 Å². The van der Waals surface area contributed by atoms with E-state index in [1.807, 2.05) is 51.3 Å². The van der Waals surface area contributed by atoms with Gasteiger partial charge in [0.15, 0.2) is 5.13 Å². The van der Waals surface area contributed by atoms with Gasteiger partial charge in [-0.3, -0.25) is 9.59 Å². The molecule has 0 spiro atoms. The van der Waals surface area contributed by atoms with E-state index in [-0.39, 0.29) is 55.8 Å². The zero-order valence-electron chi connectivity index (χ0n) is 37.8. The van der Waals surface area contributed by atoms with Crippen LogP contribution in [0.15, 0.2) is 71.0 Å². The number of carboxylic acid groups (broad SMARTS) is 1. The first kappa shape index (κ1) is 46.7. The Morgan fingerprint density at radius 2 is 1.85 bits per heavy atom. The number of hydrogen-bond acceptors (Lipinski definition) is 12. The molecule has 17 nitrogen and oxygen atoms in total. The fourth-order valence-corrected chi connectivity index (χ4v) is 11.5. The van der Waals surface area contributed by atoms with Crippen molar-refractivity contribution in [1.82, 2.24) is 35.1 Å². The van der Waals surface area contributed by atoms with E-state index in [4.69, 9.17) is 19.4 Å². The first-order valence-electron chi connectivity index (χ1n) is 22.6. The molecule has 4 aromatic rings. The molecule has 8 rings (SSSR count). The molecule has 5 heterocycles. The zero-order chi connectivity index (χ0) is 46.9. The van der Waals surface area contributed by atoms with Gasteiger partial charge in [0.05, 0.1) is 29.8 Å².